The number of rotatable bonds is 5. The van der Waals surface area contributed by atoms with Crippen LogP contribution in [-0.4, -0.2) is 29.2 Å². The van der Waals surface area contributed by atoms with Gasteiger partial charge in [0.05, 0.1) is 17.3 Å². The van der Waals surface area contributed by atoms with E-state index in [1.165, 1.54) is 5.01 Å². The molecule has 1 aliphatic heterocycles. The molecule has 1 fully saturated rings. The number of fused-ring (bicyclic) bond motifs is 1. The van der Waals surface area contributed by atoms with E-state index in [-0.39, 0.29) is 24.5 Å². The van der Waals surface area contributed by atoms with Crippen molar-refractivity contribution in [1.82, 2.24) is 5.01 Å². The van der Waals surface area contributed by atoms with Crippen molar-refractivity contribution in [2.75, 3.05) is 6.61 Å². The molecule has 3 aromatic rings. The van der Waals surface area contributed by atoms with Crippen molar-refractivity contribution in [3.63, 3.8) is 0 Å². The van der Waals surface area contributed by atoms with Crippen LogP contribution in [0, 0.1) is 5.92 Å². The summed E-state index contributed by atoms with van der Waals surface area (Å²) in [5.41, 5.74) is 4.66. The van der Waals surface area contributed by atoms with Crippen molar-refractivity contribution in [2.45, 2.75) is 25.3 Å². The van der Waals surface area contributed by atoms with Gasteiger partial charge in [-0.2, -0.15) is 5.10 Å². The molecule has 2 atom stereocenters. The van der Waals surface area contributed by atoms with E-state index in [9.17, 15) is 9.59 Å². The summed E-state index contributed by atoms with van der Waals surface area (Å²) in [6.45, 7) is -0.365. The Kier molecular flexibility index (Phi) is 6.91. The lowest BCUT2D eigenvalue weighted by molar-refractivity contribution is -0.137. The van der Waals surface area contributed by atoms with Crippen LogP contribution in [0.2, 0.25) is 0 Å². The number of ether oxygens (including phenoxy) is 1. The van der Waals surface area contributed by atoms with E-state index in [2.05, 4.69) is 34.1 Å². The predicted molar refractivity (Wildman–Crippen MR) is 140 cm³/mol. The Balaban J connectivity index is 1.42. The van der Waals surface area contributed by atoms with E-state index >= 15 is 0 Å². The van der Waals surface area contributed by atoms with Crippen molar-refractivity contribution < 1.29 is 14.3 Å². The second-order valence-electron chi connectivity index (χ2n) is 8.74. The molecule has 6 heteroatoms. The quantitative estimate of drug-likeness (QED) is 0.358. The molecule has 1 heterocycles. The molecule has 5 nitrogen and oxygen atoms in total. The largest absolute Gasteiger partial charge is 0.452 e. The SMILES string of the molecule is O=C(OCC(=O)N1N=C2C(=Cc3ccccc3)CCCC2C1c1ccccc1)c1cccc(Br)c1. The summed E-state index contributed by atoms with van der Waals surface area (Å²) in [4.78, 5) is 25.9. The van der Waals surface area contributed by atoms with Gasteiger partial charge in [0.15, 0.2) is 6.61 Å². The molecule has 5 rings (SSSR count). The van der Waals surface area contributed by atoms with E-state index in [0.29, 0.717) is 5.56 Å². The molecular formula is C29H25BrN2O3. The zero-order valence-electron chi connectivity index (χ0n) is 19.1. The van der Waals surface area contributed by atoms with Crippen LogP contribution in [-0.2, 0) is 9.53 Å². The zero-order chi connectivity index (χ0) is 24.2. The molecule has 35 heavy (non-hydrogen) atoms. The van der Waals surface area contributed by atoms with Crippen LogP contribution in [0.15, 0.2) is 100 Å². The van der Waals surface area contributed by atoms with Crippen molar-refractivity contribution in [2.24, 2.45) is 11.0 Å². The Morgan fingerprint density at radius 2 is 1.74 bits per heavy atom. The minimum absolute atomic E-state index is 0.103. The van der Waals surface area contributed by atoms with Gasteiger partial charge in [0.25, 0.3) is 5.91 Å². The van der Waals surface area contributed by atoms with Gasteiger partial charge in [-0.3, -0.25) is 4.79 Å². The van der Waals surface area contributed by atoms with Crippen LogP contribution in [0.5, 0.6) is 0 Å². The van der Waals surface area contributed by atoms with E-state index in [1.807, 2.05) is 54.6 Å². The van der Waals surface area contributed by atoms with Crippen LogP contribution in [0.3, 0.4) is 0 Å². The number of halogens is 1. The minimum Gasteiger partial charge on any atom is -0.452 e. The number of amides is 1. The molecular weight excluding hydrogens is 504 g/mol. The third-order valence-electron chi connectivity index (χ3n) is 6.43. The Labute approximate surface area is 213 Å². The van der Waals surface area contributed by atoms with Crippen molar-refractivity contribution in [3.8, 4) is 0 Å². The first-order valence-electron chi connectivity index (χ1n) is 11.7. The second kappa shape index (κ2) is 10.4. The van der Waals surface area contributed by atoms with Gasteiger partial charge in [-0.25, -0.2) is 9.80 Å². The molecule has 0 aromatic heterocycles. The van der Waals surface area contributed by atoms with Gasteiger partial charge in [0.1, 0.15) is 0 Å². The number of hydrogen-bond donors (Lipinski definition) is 0. The Hall–Kier alpha value is -3.51. The topological polar surface area (TPSA) is 59.0 Å². The van der Waals surface area contributed by atoms with Crippen molar-refractivity contribution >= 4 is 39.6 Å². The number of benzene rings is 3. The first-order valence-corrected chi connectivity index (χ1v) is 12.5. The van der Waals surface area contributed by atoms with E-state index < -0.39 is 5.97 Å². The Morgan fingerprint density at radius 3 is 2.49 bits per heavy atom. The number of carbonyl (C=O) groups excluding carboxylic acids is 2. The summed E-state index contributed by atoms with van der Waals surface area (Å²) in [6.07, 6.45) is 5.08. The van der Waals surface area contributed by atoms with Gasteiger partial charge >= 0.3 is 5.97 Å². The number of allylic oxidation sites excluding steroid dienone is 1. The fourth-order valence-corrected chi connectivity index (χ4v) is 5.23. The molecule has 0 N–H and O–H groups in total. The van der Waals surface area contributed by atoms with E-state index in [1.54, 1.807) is 18.2 Å². The summed E-state index contributed by atoms with van der Waals surface area (Å²) in [5.74, 6) is -0.765. The molecule has 0 spiro atoms. The summed E-state index contributed by atoms with van der Waals surface area (Å²) in [7, 11) is 0. The number of hydrazone groups is 1. The number of nitrogens with zero attached hydrogens (tertiary/aromatic N) is 2. The maximum atomic E-state index is 13.4. The molecule has 2 aliphatic rings. The lowest BCUT2D eigenvalue weighted by Gasteiger charge is -2.29. The highest BCUT2D eigenvalue weighted by Crippen LogP contribution is 2.44. The van der Waals surface area contributed by atoms with Crippen molar-refractivity contribution in [3.05, 3.63) is 112 Å². The standard InChI is InChI=1S/C29H25BrN2O3/c30-24-15-7-14-23(18-24)29(34)35-19-26(33)32-28(21-11-5-2-6-12-21)25-16-8-13-22(27(25)31-32)17-20-9-3-1-4-10-20/h1-7,9-12,14-15,17-18,25,28H,8,13,16,19H2. The van der Waals surface area contributed by atoms with Gasteiger partial charge in [-0.1, -0.05) is 82.7 Å². The normalized spacial score (nSPS) is 20.3. The third-order valence-corrected chi connectivity index (χ3v) is 6.92. The van der Waals surface area contributed by atoms with Gasteiger partial charge in [-0.05, 0) is 60.2 Å². The third kappa shape index (κ3) is 5.13. The van der Waals surface area contributed by atoms with Gasteiger partial charge in [-0.15, -0.1) is 0 Å². The Morgan fingerprint density at radius 1 is 1.00 bits per heavy atom. The lowest BCUT2D eigenvalue weighted by Crippen LogP contribution is -2.34. The summed E-state index contributed by atoms with van der Waals surface area (Å²) in [6, 6.07) is 26.9. The highest BCUT2D eigenvalue weighted by Gasteiger charge is 2.43. The van der Waals surface area contributed by atoms with Gasteiger partial charge in [0.2, 0.25) is 0 Å². The fourth-order valence-electron chi connectivity index (χ4n) is 4.83. The molecule has 1 saturated carbocycles. The highest BCUT2D eigenvalue weighted by molar-refractivity contribution is 9.10. The average molecular weight is 529 g/mol. The average Bonchev–Trinajstić information content (AvgIpc) is 3.29. The first kappa shape index (κ1) is 23.2. The molecule has 3 aromatic carbocycles. The highest BCUT2D eigenvalue weighted by atomic mass is 79.9. The number of carbonyl (C=O) groups is 2. The molecule has 0 radical (unpaired) electrons. The first-order chi connectivity index (χ1) is 17.1. The smallest absolute Gasteiger partial charge is 0.338 e. The molecule has 176 valence electrons. The summed E-state index contributed by atoms with van der Waals surface area (Å²) >= 11 is 3.36. The lowest BCUT2D eigenvalue weighted by atomic mass is 9.77. The number of hydrogen-bond acceptors (Lipinski definition) is 4. The van der Waals surface area contributed by atoms with Crippen LogP contribution >= 0.6 is 15.9 Å². The fraction of sp³-hybridized carbons (Fsp3) is 0.207. The van der Waals surface area contributed by atoms with Crippen LogP contribution in [0.25, 0.3) is 6.08 Å². The zero-order valence-corrected chi connectivity index (χ0v) is 20.7. The molecule has 1 amide bonds. The molecule has 0 saturated heterocycles. The molecule has 2 unspecified atom stereocenters. The van der Waals surface area contributed by atoms with E-state index in [4.69, 9.17) is 9.84 Å². The van der Waals surface area contributed by atoms with Crippen molar-refractivity contribution in [1.29, 1.82) is 0 Å². The molecule has 0 bridgehead atoms. The maximum Gasteiger partial charge on any atom is 0.338 e. The van der Waals surface area contributed by atoms with Gasteiger partial charge in [0, 0.05) is 10.4 Å². The monoisotopic (exact) mass is 528 g/mol. The predicted octanol–water partition coefficient (Wildman–Crippen LogP) is 6.43. The van der Waals surface area contributed by atoms with Crippen LogP contribution in [0.1, 0.15) is 46.8 Å². The van der Waals surface area contributed by atoms with Gasteiger partial charge < -0.3 is 4.74 Å². The Bertz CT molecular complexity index is 1290. The van der Waals surface area contributed by atoms with Crippen LogP contribution < -0.4 is 0 Å². The van der Waals surface area contributed by atoms with E-state index in [0.717, 1.165) is 46.1 Å². The molecule has 1 aliphatic carbocycles. The summed E-state index contributed by atoms with van der Waals surface area (Å²) in [5, 5.41) is 6.38. The minimum atomic E-state index is -0.537. The second-order valence-corrected chi connectivity index (χ2v) is 9.66. The number of esters is 1. The summed E-state index contributed by atoms with van der Waals surface area (Å²) < 4.78 is 6.16. The van der Waals surface area contributed by atoms with Crippen LogP contribution in [0.4, 0.5) is 0 Å². The maximum absolute atomic E-state index is 13.4.